The molecule has 0 aliphatic heterocycles. The summed E-state index contributed by atoms with van der Waals surface area (Å²) in [6.45, 7) is 4.40. The van der Waals surface area contributed by atoms with Crippen LogP contribution in [-0.4, -0.2) is 40.3 Å². The average Bonchev–Trinajstić information content (AvgIpc) is 3.28. The third kappa shape index (κ3) is 5.05. The number of nitrogens with zero attached hydrogens (tertiary/aromatic N) is 2. The summed E-state index contributed by atoms with van der Waals surface area (Å²) in [5, 5.41) is 2.81. The van der Waals surface area contributed by atoms with E-state index in [2.05, 4.69) is 10.3 Å². The summed E-state index contributed by atoms with van der Waals surface area (Å²) in [5.74, 6) is -0.789. The summed E-state index contributed by atoms with van der Waals surface area (Å²) in [4.78, 5) is 43.1. The molecule has 0 unspecified atom stereocenters. The maximum Gasteiger partial charge on any atom is 0.340 e. The first-order valence-electron chi connectivity index (χ1n) is 11.5. The topological polar surface area (TPSA) is 125 Å². The van der Waals surface area contributed by atoms with Crippen molar-refractivity contribution in [1.29, 1.82) is 0 Å². The number of anilines is 1. The predicted molar refractivity (Wildman–Crippen MR) is 134 cm³/mol. The fourth-order valence-electron chi connectivity index (χ4n) is 3.79. The number of nitrogens with one attached hydrogen (secondary N) is 1. The minimum Gasteiger partial charge on any atom is -0.492 e. The van der Waals surface area contributed by atoms with Crippen LogP contribution in [0, 0.1) is 0 Å². The fourth-order valence-corrected chi connectivity index (χ4v) is 3.79. The van der Waals surface area contributed by atoms with Gasteiger partial charge in [0.05, 0.1) is 47.9 Å². The standard InChI is InChI=1S/C27H26N4O5/c1-3-35-24-9-8-17(13-21(24)28)25(32)23-15-20(27(34)36-4-2)22-14-18(10-12-31(22)23)26(33)30-16-19-7-5-6-11-29-19/h5-15H,3-4,16,28H2,1-2H3,(H,30,33). The predicted octanol–water partition coefficient (Wildman–Crippen LogP) is 3.65. The van der Waals surface area contributed by atoms with Gasteiger partial charge >= 0.3 is 5.97 Å². The highest BCUT2D eigenvalue weighted by Crippen LogP contribution is 2.26. The molecule has 184 valence electrons. The van der Waals surface area contributed by atoms with Crippen molar-refractivity contribution in [2.45, 2.75) is 20.4 Å². The van der Waals surface area contributed by atoms with E-state index in [4.69, 9.17) is 15.2 Å². The molecule has 9 nitrogen and oxygen atoms in total. The molecular weight excluding hydrogens is 460 g/mol. The van der Waals surface area contributed by atoms with Gasteiger partial charge in [-0.15, -0.1) is 0 Å². The first-order valence-corrected chi connectivity index (χ1v) is 11.5. The number of ether oxygens (including phenoxy) is 2. The maximum atomic E-state index is 13.4. The number of hydrogen-bond donors (Lipinski definition) is 2. The van der Waals surface area contributed by atoms with E-state index in [1.807, 2.05) is 13.0 Å². The van der Waals surface area contributed by atoms with Crippen molar-refractivity contribution in [3.63, 3.8) is 0 Å². The van der Waals surface area contributed by atoms with Crippen LogP contribution in [0.3, 0.4) is 0 Å². The van der Waals surface area contributed by atoms with E-state index >= 15 is 0 Å². The lowest BCUT2D eigenvalue weighted by Gasteiger charge is -2.09. The minimum atomic E-state index is -0.591. The van der Waals surface area contributed by atoms with Gasteiger partial charge < -0.3 is 24.9 Å². The molecule has 36 heavy (non-hydrogen) atoms. The largest absolute Gasteiger partial charge is 0.492 e. The zero-order chi connectivity index (χ0) is 25.7. The Bertz CT molecular complexity index is 1430. The van der Waals surface area contributed by atoms with E-state index in [1.165, 1.54) is 12.1 Å². The summed E-state index contributed by atoms with van der Waals surface area (Å²) in [6.07, 6.45) is 3.23. The lowest BCUT2D eigenvalue weighted by molar-refractivity contribution is 0.0528. The summed E-state index contributed by atoms with van der Waals surface area (Å²) < 4.78 is 12.2. The van der Waals surface area contributed by atoms with Gasteiger partial charge in [-0.05, 0) is 62.4 Å². The molecule has 0 atom stereocenters. The fraction of sp³-hybridized carbons (Fsp3) is 0.185. The third-order valence-corrected chi connectivity index (χ3v) is 5.49. The van der Waals surface area contributed by atoms with Gasteiger partial charge in [-0.1, -0.05) is 6.07 Å². The number of fused-ring (bicyclic) bond motifs is 1. The van der Waals surface area contributed by atoms with Crippen molar-refractivity contribution < 1.29 is 23.9 Å². The van der Waals surface area contributed by atoms with E-state index in [-0.39, 0.29) is 36.1 Å². The molecule has 0 fully saturated rings. The summed E-state index contributed by atoms with van der Waals surface area (Å²) in [5.41, 5.74) is 8.54. The molecule has 4 aromatic rings. The Kier molecular flexibility index (Phi) is 7.29. The first kappa shape index (κ1) is 24.5. The molecule has 4 rings (SSSR count). The number of rotatable bonds is 9. The first-order chi connectivity index (χ1) is 17.4. The molecule has 0 radical (unpaired) electrons. The highest BCUT2D eigenvalue weighted by atomic mass is 16.5. The number of amides is 1. The zero-order valence-electron chi connectivity index (χ0n) is 20.0. The van der Waals surface area contributed by atoms with Gasteiger partial charge in [-0.3, -0.25) is 14.6 Å². The Labute approximate surface area is 207 Å². The Morgan fingerprint density at radius 1 is 1.00 bits per heavy atom. The van der Waals surface area contributed by atoms with E-state index in [0.29, 0.717) is 40.4 Å². The number of benzene rings is 1. The molecule has 0 aliphatic rings. The Balaban J connectivity index is 1.70. The molecule has 3 aromatic heterocycles. The summed E-state index contributed by atoms with van der Waals surface area (Å²) >= 11 is 0. The SMILES string of the molecule is CCOC(=O)c1cc(C(=O)c2ccc(OCC)c(N)c2)n2ccc(C(=O)NCc3ccccn3)cc12. The lowest BCUT2D eigenvalue weighted by atomic mass is 10.1. The smallest absolute Gasteiger partial charge is 0.340 e. The number of esters is 1. The third-order valence-electron chi connectivity index (χ3n) is 5.49. The molecule has 0 spiro atoms. The Morgan fingerprint density at radius 2 is 1.83 bits per heavy atom. The molecule has 0 saturated heterocycles. The van der Waals surface area contributed by atoms with E-state index in [1.54, 1.807) is 60.1 Å². The number of hydrogen-bond acceptors (Lipinski definition) is 7. The van der Waals surface area contributed by atoms with E-state index in [0.717, 1.165) is 0 Å². The number of nitrogens with two attached hydrogens (primary N) is 1. The molecule has 0 aliphatic carbocycles. The molecule has 0 bridgehead atoms. The zero-order valence-corrected chi connectivity index (χ0v) is 20.0. The van der Waals surface area contributed by atoms with Crippen LogP contribution in [0.5, 0.6) is 5.75 Å². The average molecular weight is 487 g/mol. The second-order valence-electron chi connectivity index (χ2n) is 7.85. The minimum absolute atomic E-state index is 0.166. The highest BCUT2D eigenvalue weighted by molar-refractivity contribution is 6.12. The Morgan fingerprint density at radius 3 is 2.53 bits per heavy atom. The van der Waals surface area contributed by atoms with Crippen LogP contribution in [-0.2, 0) is 11.3 Å². The van der Waals surface area contributed by atoms with Crippen LogP contribution < -0.4 is 15.8 Å². The summed E-state index contributed by atoms with van der Waals surface area (Å²) in [6, 6.07) is 14.8. The van der Waals surface area contributed by atoms with Crippen LogP contribution in [0.2, 0.25) is 0 Å². The molecule has 3 heterocycles. The quantitative estimate of drug-likeness (QED) is 0.210. The number of ketones is 1. The van der Waals surface area contributed by atoms with Crippen molar-refractivity contribution in [2.24, 2.45) is 0 Å². The molecule has 1 aromatic carbocycles. The Hall–Kier alpha value is -4.66. The normalized spacial score (nSPS) is 10.7. The molecular formula is C27H26N4O5. The van der Waals surface area contributed by atoms with Gasteiger partial charge in [-0.25, -0.2) is 4.79 Å². The van der Waals surface area contributed by atoms with Crippen molar-refractivity contribution in [3.05, 3.63) is 95.1 Å². The number of carbonyl (C=O) groups excluding carboxylic acids is 3. The second-order valence-corrected chi connectivity index (χ2v) is 7.85. The van der Waals surface area contributed by atoms with Crippen molar-refractivity contribution >= 4 is 28.9 Å². The lowest BCUT2D eigenvalue weighted by Crippen LogP contribution is -2.23. The van der Waals surface area contributed by atoms with Crippen molar-refractivity contribution in [3.8, 4) is 5.75 Å². The van der Waals surface area contributed by atoms with Gasteiger partial charge in [0.2, 0.25) is 5.78 Å². The van der Waals surface area contributed by atoms with Crippen LogP contribution in [0.15, 0.2) is 67.0 Å². The number of carbonyl (C=O) groups is 3. The number of pyridine rings is 2. The summed E-state index contributed by atoms with van der Waals surface area (Å²) in [7, 11) is 0. The van der Waals surface area contributed by atoms with Crippen LogP contribution in [0.4, 0.5) is 5.69 Å². The molecule has 1 amide bonds. The maximum absolute atomic E-state index is 13.4. The van der Waals surface area contributed by atoms with Crippen LogP contribution >= 0.6 is 0 Å². The van der Waals surface area contributed by atoms with E-state index in [9.17, 15) is 14.4 Å². The second kappa shape index (κ2) is 10.7. The van der Waals surface area contributed by atoms with E-state index < -0.39 is 5.97 Å². The van der Waals surface area contributed by atoms with Gasteiger partial charge in [0.25, 0.3) is 5.91 Å². The molecule has 0 saturated carbocycles. The number of aromatic nitrogens is 2. The van der Waals surface area contributed by atoms with Crippen LogP contribution in [0.1, 0.15) is 56.3 Å². The monoisotopic (exact) mass is 486 g/mol. The van der Waals surface area contributed by atoms with Crippen molar-refractivity contribution in [1.82, 2.24) is 14.7 Å². The van der Waals surface area contributed by atoms with Gasteiger partial charge in [0.15, 0.2) is 0 Å². The van der Waals surface area contributed by atoms with Gasteiger partial charge in [0, 0.05) is 23.5 Å². The highest BCUT2D eigenvalue weighted by Gasteiger charge is 2.23. The number of nitrogen functional groups attached to an aromatic ring is 1. The van der Waals surface area contributed by atoms with Gasteiger partial charge in [0.1, 0.15) is 5.75 Å². The van der Waals surface area contributed by atoms with Crippen molar-refractivity contribution in [2.75, 3.05) is 18.9 Å². The van der Waals surface area contributed by atoms with Crippen LogP contribution in [0.25, 0.3) is 5.52 Å². The molecule has 9 heteroatoms. The van der Waals surface area contributed by atoms with Gasteiger partial charge in [-0.2, -0.15) is 0 Å². The molecule has 3 N–H and O–H groups in total.